The number of nitrogens with zero attached hydrogens (tertiary/aromatic N) is 3. The van der Waals surface area contributed by atoms with Crippen LogP contribution in [-0.4, -0.2) is 52.4 Å². The largest absolute Gasteiger partial charge is 0.497 e. The number of fused-ring (bicyclic) bond motifs is 3. The van der Waals surface area contributed by atoms with Crippen LogP contribution in [0.3, 0.4) is 0 Å². The van der Waals surface area contributed by atoms with E-state index < -0.39 is 18.1 Å². The molecule has 0 unspecified atom stereocenters. The van der Waals surface area contributed by atoms with Crippen LogP contribution in [0, 0.1) is 0 Å². The van der Waals surface area contributed by atoms with Gasteiger partial charge in [0, 0.05) is 36.6 Å². The number of pyridine rings is 1. The average molecular weight is 516 g/mol. The van der Waals surface area contributed by atoms with Crippen molar-refractivity contribution in [1.82, 2.24) is 20.1 Å². The van der Waals surface area contributed by atoms with Gasteiger partial charge < -0.3 is 14.8 Å². The van der Waals surface area contributed by atoms with Gasteiger partial charge in [-0.15, -0.1) is 0 Å². The van der Waals surface area contributed by atoms with E-state index in [1.807, 2.05) is 0 Å². The van der Waals surface area contributed by atoms with Gasteiger partial charge in [-0.1, -0.05) is 12.1 Å². The van der Waals surface area contributed by atoms with E-state index in [0.717, 1.165) is 11.1 Å². The standard InChI is InChI=1S/C25H23F3N4O5/c1-36-17-6-3-15(4-7-17)13-20(33)30-10-2-12-32-22(23(34)37-24(35)25(26,27)28)19-8-5-16-14-29-11-9-18(16)21(19)31-32/h3-4,6-7,9,11,14H,2,5,8,10,12-13H2,1H3,(H,30,33). The van der Waals surface area contributed by atoms with Crippen LogP contribution in [0.1, 0.15) is 33.6 Å². The Kier molecular flexibility index (Phi) is 7.55. The van der Waals surface area contributed by atoms with Gasteiger partial charge in [-0.05, 0) is 48.6 Å². The summed E-state index contributed by atoms with van der Waals surface area (Å²) in [5.74, 6) is -3.56. The number of hydrogen-bond donors (Lipinski definition) is 1. The van der Waals surface area contributed by atoms with Crippen molar-refractivity contribution < 1.29 is 37.0 Å². The van der Waals surface area contributed by atoms with Crippen LogP contribution in [-0.2, 0) is 40.1 Å². The second-order valence-corrected chi connectivity index (χ2v) is 8.33. The summed E-state index contributed by atoms with van der Waals surface area (Å²) in [7, 11) is 1.55. The van der Waals surface area contributed by atoms with Crippen LogP contribution >= 0.6 is 0 Å². The number of alkyl halides is 3. The molecule has 0 fully saturated rings. The summed E-state index contributed by atoms with van der Waals surface area (Å²) in [4.78, 5) is 40.3. The molecule has 1 aliphatic carbocycles. The number of methoxy groups -OCH3 is 1. The van der Waals surface area contributed by atoms with E-state index in [4.69, 9.17) is 4.74 Å². The van der Waals surface area contributed by atoms with Gasteiger partial charge in [-0.3, -0.25) is 14.5 Å². The summed E-state index contributed by atoms with van der Waals surface area (Å²) in [6.45, 7) is 0.330. The van der Waals surface area contributed by atoms with Gasteiger partial charge in [0.15, 0.2) is 5.69 Å². The molecule has 0 radical (unpaired) electrons. The van der Waals surface area contributed by atoms with Gasteiger partial charge in [0.1, 0.15) is 5.75 Å². The third-order valence-electron chi connectivity index (χ3n) is 5.86. The maximum absolute atomic E-state index is 12.7. The minimum atomic E-state index is -5.31. The molecular weight excluding hydrogens is 493 g/mol. The molecule has 12 heteroatoms. The van der Waals surface area contributed by atoms with Crippen molar-refractivity contribution in [2.75, 3.05) is 13.7 Å². The first kappa shape index (κ1) is 25.9. The van der Waals surface area contributed by atoms with Gasteiger partial charge >= 0.3 is 18.1 Å². The molecule has 2 heterocycles. The molecular formula is C25H23F3N4O5. The summed E-state index contributed by atoms with van der Waals surface area (Å²) in [6, 6.07) is 8.77. The van der Waals surface area contributed by atoms with Gasteiger partial charge in [-0.2, -0.15) is 18.3 Å². The van der Waals surface area contributed by atoms with E-state index >= 15 is 0 Å². The fraction of sp³-hybridized carbons (Fsp3) is 0.320. The number of nitrogens with one attached hydrogen (secondary N) is 1. The summed E-state index contributed by atoms with van der Waals surface area (Å²) < 4.78 is 48.6. The molecule has 1 aromatic carbocycles. The van der Waals surface area contributed by atoms with Crippen LogP contribution < -0.4 is 10.1 Å². The maximum Gasteiger partial charge on any atom is 0.491 e. The minimum Gasteiger partial charge on any atom is -0.497 e. The number of carbonyl (C=O) groups excluding carboxylic acids is 3. The number of aryl methyl sites for hydroxylation is 2. The molecule has 0 saturated heterocycles. The zero-order chi connectivity index (χ0) is 26.6. The van der Waals surface area contributed by atoms with Crippen LogP contribution in [0.25, 0.3) is 11.3 Å². The quantitative estimate of drug-likeness (QED) is 0.278. The van der Waals surface area contributed by atoms with Gasteiger partial charge in [0.25, 0.3) is 0 Å². The molecule has 0 atom stereocenters. The van der Waals surface area contributed by atoms with Crippen molar-refractivity contribution in [3.8, 4) is 17.0 Å². The molecule has 0 spiro atoms. The lowest BCUT2D eigenvalue weighted by molar-refractivity contribution is -0.193. The summed E-state index contributed by atoms with van der Waals surface area (Å²) in [5, 5.41) is 7.22. The fourth-order valence-corrected chi connectivity index (χ4v) is 4.10. The predicted octanol–water partition coefficient (Wildman–Crippen LogP) is 3.05. The lowest BCUT2D eigenvalue weighted by Crippen LogP contribution is -2.30. The van der Waals surface area contributed by atoms with E-state index in [2.05, 4.69) is 20.1 Å². The Balaban J connectivity index is 1.46. The Hall–Kier alpha value is -4.22. The summed E-state index contributed by atoms with van der Waals surface area (Å²) in [6.07, 6.45) is -0.800. The van der Waals surface area contributed by atoms with E-state index in [1.165, 1.54) is 4.68 Å². The molecule has 194 valence electrons. The number of amides is 1. The fourth-order valence-electron chi connectivity index (χ4n) is 4.10. The first-order chi connectivity index (χ1) is 17.7. The number of rotatable bonds is 8. The highest BCUT2D eigenvalue weighted by Gasteiger charge is 2.43. The number of carbonyl (C=O) groups is 3. The highest BCUT2D eigenvalue weighted by Crippen LogP contribution is 2.34. The zero-order valence-electron chi connectivity index (χ0n) is 19.8. The van der Waals surface area contributed by atoms with Crippen LogP contribution in [0.5, 0.6) is 5.75 Å². The van der Waals surface area contributed by atoms with Gasteiger partial charge in [-0.25, -0.2) is 9.59 Å². The van der Waals surface area contributed by atoms with Crippen molar-refractivity contribution in [2.24, 2.45) is 0 Å². The third-order valence-corrected chi connectivity index (χ3v) is 5.86. The molecule has 1 aliphatic rings. The molecule has 0 saturated carbocycles. The Morgan fingerprint density at radius 2 is 1.86 bits per heavy atom. The number of esters is 2. The van der Waals surface area contributed by atoms with E-state index in [-0.39, 0.29) is 31.1 Å². The van der Waals surface area contributed by atoms with E-state index in [0.29, 0.717) is 41.8 Å². The van der Waals surface area contributed by atoms with Gasteiger partial charge in [0.2, 0.25) is 5.91 Å². The Morgan fingerprint density at radius 1 is 1.11 bits per heavy atom. The predicted molar refractivity (Wildman–Crippen MR) is 124 cm³/mol. The molecule has 3 aromatic rings. The third kappa shape index (κ3) is 5.96. The van der Waals surface area contributed by atoms with Crippen molar-refractivity contribution in [3.05, 3.63) is 65.1 Å². The zero-order valence-corrected chi connectivity index (χ0v) is 19.8. The van der Waals surface area contributed by atoms with Crippen LogP contribution in [0.4, 0.5) is 13.2 Å². The highest BCUT2D eigenvalue weighted by molar-refractivity contribution is 5.99. The first-order valence-corrected chi connectivity index (χ1v) is 11.4. The Labute approximate surface area is 209 Å². The van der Waals surface area contributed by atoms with E-state index in [1.54, 1.807) is 49.8 Å². The Morgan fingerprint density at radius 3 is 2.57 bits per heavy atom. The Bertz CT molecular complexity index is 1320. The van der Waals surface area contributed by atoms with Gasteiger partial charge in [0.05, 0.1) is 19.2 Å². The molecule has 1 N–H and O–H groups in total. The molecule has 37 heavy (non-hydrogen) atoms. The van der Waals surface area contributed by atoms with Crippen molar-refractivity contribution in [2.45, 2.75) is 38.4 Å². The maximum atomic E-state index is 12.7. The number of ether oxygens (including phenoxy) is 2. The van der Waals surface area contributed by atoms with E-state index in [9.17, 15) is 27.6 Å². The number of aromatic nitrogens is 3. The smallest absolute Gasteiger partial charge is 0.491 e. The molecule has 0 bridgehead atoms. The minimum absolute atomic E-state index is 0.0981. The number of benzene rings is 1. The SMILES string of the molecule is COc1ccc(CC(=O)NCCCn2nc3c(c2C(=O)OC(=O)C(F)(F)F)CCc2cnccc2-3)cc1. The number of halogens is 3. The van der Waals surface area contributed by atoms with Crippen LogP contribution in [0.15, 0.2) is 42.7 Å². The highest BCUT2D eigenvalue weighted by atomic mass is 19.4. The first-order valence-electron chi connectivity index (χ1n) is 11.4. The normalized spacial score (nSPS) is 12.3. The van der Waals surface area contributed by atoms with Crippen molar-refractivity contribution in [1.29, 1.82) is 0 Å². The molecule has 1 amide bonds. The molecule has 0 aliphatic heterocycles. The van der Waals surface area contributed by atoms with Crippen LogP contribution in [0.2, 0.25) is 0 Å². The monoisotopic (exact) mass is 516 g/mol. The lowest BCUT2D eigenvalue weighted by atomic mass is 9.90. The van der Waals surface area contributed by atoms with Crippen molar-refractivity contribution >= 4 is 17.8 Å². The lowest BCUT2D eigenvalue weighted by Gasteiger charge is -2.15. The summed E-state index contributed by atoms with van der Waals surface area (Å²) >= 11 is 0. The topological polar surface area (TPSA) is 112 Å². The molecule has 4 rings (SSSR count). The second kappa shape index (κ2) is 10.8. The number of hydrogen-bond acceptors (Lipinski definition) is 7. The molecule has 9 nitrogen and oxygen atoms in total. The average Bonchev–Trinajstić information content (AvgIpc) is 3.25. The summed E-state index contributed by atoms with van der Waals surface area (Å²) in [5.41, 5.74) is 3.02. The molecule has 2 aromatic heterocycles. The second-order valence-electron chi connectivity index (χ2n) is 8.33. The van der Waals surface area contributed by atoms with Crippen molar-refractivity contribution in [3.63, 3.8) is 0 Å².